The molecule has 4 nitrogen and oxygen atoms in total. The van der Waals surface area contributed by atoms with Crippen LogP contribution in [0.4, 0.5) is 0 Å². The molecule has 1 fully saturated rings. The van der Waals surface area contributed by atoms with Gasteiger partial charge < -0.3 is 10.3 Å². The van der Waals surface area contributed by atoms with Crippen LogP contribution >= 0.6 is 0 Å². The molecule has 0 radical (unpaired) electrons. The molecular formula is C14H25N3O. The van der Waals surface area contributed by atoms with Gasteiger partial charge in [0.2, 0.25) is 5.89 Å². The molecule has 102 valence electrons. The Bertz CT molecular complexity index is 397. The van der Waals surface area contributed by atoms with Gasteiger partial charge in [0.25, 0.3) is 0 Å². The highest BCUT2D eigenvalue weighted by atomic mass is 16.5. The summed E-state index contributed by atoms with van der Waals surface area (Å²) in [5.41, 5.74) is 5.51. The Morgan fingerprint density at radius 1 is 1.11 bits per heavy atom. The average Bonchev–Trinajstić information content (AvgIpc) is 2.78. The van der Waals surface area contributed by atoms with Crippen LogP contribution in [0.25, 0.3) is 0 Å². The third kappa shape index (κ3) is 2.44. The summed E-state index contributed by atoms with van der Waals surface area (Å²) in [6, 6.07) is 0. The lowest BCUT2D eigenvalue weighted by Crippen LogP contribution is -2.50. The van der Waals surface area contributed by atoms with Crippen molar-refractivity contribution in [3.63, 3.8) is 0 Å². The van der Waals surface area contributed by atoms with Crippen LogP contribution in [0, 0.1) is 0 Å². The molecule has 0 spiro atoms. The smallest absolute Gasteiger partial charge is 0.234 e. The Morgan fingerprint density at radius 3 is 2.28 bits per heavy atom. The summed E-state index contributed by atoms with van der Waals surface area (Å²) >= 11 is 0. The second kappa shape index (κ2) is 4.65. The van der Waals surface area contributed by atoms with E-state index in [0.29, 0.717) is 11.8 Å². The van der Waals surface area contributed by atoms with E-state index < -0.39 is 0 Å². The maximum absolute atomic E-state index is 6.21. The lowest BCUT2D eigenvalue weighted by molar-refractivity contribution is 0.222. The predicted octanol–water partition coefficient (Wildman–Crippen LogP) is 3.13. The van der Waals surface area contributed by atoms with Crippen LogP contribution in [0.3, 0.4) is 0 Å². The van der Waals surface area contributed by atoms with Crippen molar-refractivity contribution in [3.05, 3.63) is 11.7 Å². The number of hydrogen-bond acceptors (Lipinski definition) is 4. The van der Waals surface area contributed by atoms with Gasteiger partial charge in [-0.25, -0.2) is 0 Å². The van der Waals surface area contributed by atoms with E-state index in [9.17, 15) is 0 Å². The van der Waals surface area contributed by atoms with E-state index >= 15 is 0 Å². The van der Waals surface area contributed by atoms with Gasteiger partial charge in [0.1, 0.15) is 0 Å². The highest BCUT2D eigenvalue weighted by Crippen LogP contribution is 2.35. The summed E-state index contributed by atoms with van der Waals surface area (Å²) in [7, 11) is 0. The Hall–Kier alpha value is -0.900. The fraction of sp³-hybridized carbons (Fsp3) is 0.857. The van der Waals surface area contributed by atoms with Gasteiger partial charge in [-0.3, -0.25) is 0 Å². The first-order chi connectivity index (χ1) is 8.32. The number of hydrogen-bond donors (Lipinski definition) is 1. The van der Waals surface area contributed by atoms with Crippen molar-refractivity contribution in [2.75, 3.05) is 0 Å². The minimum Gasteiger partial charge on any atom is -0.339 e. The number of rotatable bonds is 3. The molecule has 0 amide bonds. The Kier molecular flexibility index (Phi) is 3.49. The number of nitrogens with two attached hydrogens (primary N) is 1. The van der Waals surface area contributed by atoms with E-state index in [1.807, 2.05) is 13.8 Å². The molecule has 0 saturated heterocycles. The van der Waals surface area contributed by atoms with E-state index in [-0.39, 0.29) is 11.0 Å². The molecule has 2 N–H and O–H groups in total. The van der Waals surface area contributed by atoms with Crippen molar-refractivity contribution >= 4 is 0 Å². The molecule has 1 aromatic rings. The second-order valence-electron chi connectivity index (χ2n) is 6.64. The molecule has 0 bridgehead atoms. The van der Waals surface area contributed by atoms with Crippen molar-refractivity contribution in [3.8, 4) is 0 Å². The van der Waals surface area contributed by atoms with Crippen molar-refractivity contribution in [2.45, 2.75) is 76.7 Å². The van der Waals surface area contributed by atoms with Crippen LogP contribution in [0.1, 0.15) is 77.4 Å². The van der Waals surface area contributed by atoms with Crippen molar-refractivity contribution in [2.24, 2.45) is 5.73 Å². The normalized spacial score (nSPS) is 19.2. The maximum atomic E-state index is 6.21. The summed E-state index contributed by atoms with van der Waals surface area (Å²) < 4.78 is 5.47. The Morgan fingerprint density at radius 2 is 1.72 bits per heavy atom. The van der Waals surface area contributed by atoms with E-state index in [2.05, 4.69) is 24.0 Å². The largest absolute Gasteiger partial charge is 0.339 e. The highest BCUT2D eigenvalue weighted by molar-refractivity contribution is 5.12. The second-order valence-corrected chi connectivity index (χ2v) is 6.64. The van der Waals surface area contributed by atoms with Crippen LogP contribution in [0.15, 0.2) is 4.52 Å². The first kappa shape index (κ1) is 13.5. The molecule has 4 heteroatoms. The van der Waals surface area contributed by atoms with Crippen LogP contribution in [-0.4, -0.2) is 15.7 Å². The summed E-state index contributed by atoms with van der Waals surface area (Å²) in [4.78, 5) is 4.61. The summed E-state index contributed by atoms with van der Waals surface area (Å²) in [5, 5.41) is 4.18. The highest BCUT2D eigenvalue weighted by Gasteiger charge is 2.40. The lowest BCUT2D eigenvalue weighted by Gasteiger charge is -2.34. The standard InChI is InChI=1S/C14H25N3O/c1-13(2,14(3,4)15)12-16-11(17-18-12)10-8-6-5-7-9-10/h10H,5-9,15H2,1-4H3. The molecule has 0 atom stereocenters. The number of aromatic nitrogens is 2. The van der Waals surface area contributed by atoms with Gasteiger partial charge >= 0.3 is 0 Å². The summed E-state index contributed by atoms with van der Waals surface area (Å²) in [6.45, 7) is 8.12. The van der Waals surface area contributed by atoms with E-state index in [4.69, 9.17) is 10.3 Å². The van der Waals surface area contributed by atoms with E-state index in [1.165, 1.54) is 32.1 Å². The van der Waals surface area contributed by atoms with E-state index in [1.54, 1.807) is 0 Å². The van der Waals surface area contributed by atoms with Crippen LogP contribution in [0.5, 0.6) is 0 Å². The molecule has 1 heterocycles. The third-order valence-corrected chi connectivity index (χ3v) is 4.56. The minimum absolute atomic E-state index is 0.313. The zero-order valence-electron chi connectivity index (χ0n) is 12.0. The van der Waals surface area contributed by atoms with Crippen LogP contribution in [0.2, 0.25) is 0 Å². The molecule has 18 heavy (non-hydrogen) atoms. The van der Waals surface area contributed by atoms with Gasteiger partial charge in [-0.1, -0.05) is 24.4 Å². The van der Waals surface area contributed by atoms with Gasteiger partial charge in [-0.05, 0) is 40.5 Å². The molecule has 0 aliphatic heterocycles. The lowest BCUT2D eigenvalue weighted by atomic mass is 9.75. The molecule has 0 aromatic carbocycles. The first-order valence-electron chi connectivity index (χ1n) is 6.95. The van der Waals surface area contributed by atoms with Gasteiger partial charge in [0.15, 0.2) is 5.82 Å². The topological polar surface area (TPSA) is 64.9 Å². The summed E-state index contributed by atoms with van der Waals surface area (Å²) in [6.07, 6.45) is 6.26. The molecule has 0 unspecified atom stereocenters. The maximum Gasteiger partial charge on any atom is 0.234 e. The Labute approximate surface area is 109 Å². The average molecular weight is 251 g/mol. The molecule has 2 rings (SSSR count). The monoisotopic (exact) mass is 251 g/mol. The van der Waals surface area contributed by atoms with Gasteiger partial charge in [0.05, 0.1) is 5.41 Å². The molecular weight excluding hydrogens is 226 g/mol. The van der Waals surface area contributed by atoms with Crippen molar-refractivity contribution < 1.29 is 4.52 Å². The van der Waals surface area contributed by atoms with Crippen LogP contribution < -0.4 is 5.73 Å². The zero-order valence-corrected chi connectivity index (χ0v) is 12.0. The SMILES string of the molecule is CC(C)(N)C(C)(C)c1nc(C2CCCCC2)no1. The minimum atomic E-state index is -0.386. The quantitative estimate of drug-likeness (QED) is 0.896. The molecule has 1 saturated carbocycles. The van der Waals surface area contributed by atoms with Crippen LogP contribution in [-0.2, 0) is 5.41 Å². The number of nitrogens with zero attached hydrogens (tertiary/aromatic N) is 2. The van der Waals surface area contributed by atoms with Gasteiger partial charge in [-0.2, -0.15) is 4.98 Å². The molecule has 1 aromatic heterocycles. The third-order valence-electron chi connectivity index (χ3n) is 4.56. The van der Waals surface area contributed by atoms with Crippen molar-refractivity contribution in [1.82, 2.24) is 10.1 Å². The first-order valence-corrected chi connectivity index (χ1v) is 6.95. The summed E-state index contributed by atoms with van der Waals surface area (Å²) in [5.74, 6) is 2.02. The van der Waals surface area contributed by atoms with Gasteiger partial charge in [0, 0.05) is 11.5 Å². The van der Waals surface area contributed by atoms with E-state index in [0.717, 1.165) is 5.82 Å². The molecule has 1 aliphatic rings. The predicted molar refractivity (Wildman–Crippen MR) is 71.4 cm³/mol. The zero-order chi connectivity index (χ0) is 13.4. The molecule has 1 aliphatic carbocycles. The van der Waals surface area contributed by atoms with Gasteiger partial charge in [-0.15, -0.1) is 0 Å². The fourth-order valence-electron chi connectivity index (χ4n) is 2.29. The fourth-order valence-corrected chi connectivity index (χ4v) is 2.29. The Balaban J connectivity index is 2.19. The van der Waals surface area contributed by atoms with Crippen molar-refractivity contribution in [1.29, 1.82) is 0 Å².